The highest BCUT2D eigenvalue weighted by Gasteiger charge is 2.11. The maximum atomic E-state index is 12.4. The van der Waals surface area contributed by atoms with Crippen LogP contribution in [0.1, 0.15) is 21.6 Å². The Balaban J connectivity index is 1.67. The van der Waals surface area contributed by atoms with Gasteiger partial charge in [0.25, 0.3) is 5.91 Å². The first-order chi connectivity index (χ1) is 12.5. The quantitative estimate of drug-likeness (QED) is 0.650. The Morgan fingerprint density at radius 3 is 2.58 bits per heavy atom. The Labute approximate surface area is 161 Å². The molecule has 3 aromatic rings. The van der Waals surface area contributed by atoms with E-state index in [-0.39, 0.29) is 11.6 Å². The Hall–Kier alpha value is -2.63. The van der Waals surface area contributed by atoms with Crippen LogP contribution in [0.25, 0.3) is 0 Å². The number of aryl methyl sites for hydroxylation is 1. The van der Waals surface area contributed by atoms with E-state index in [0.717, 1.165) is 5.56 Å². The molecule has 0 aliphatic rings. The van der Waals surface area contributed by atoms with Crippen LogP contribution in [0.5, 0.6) is 0 Å². The van der Waals surface area contributed by atoms with Crippen LogP contribution in [0.3, 0.4) is 0 Å². The van der Waals surface area contributed by atoms with Gasteiger partial charge in [-0.15, -0.1) is 0 Å². The van der Waals surface area contributed by atoms with Crippen LogP contribution in [0.15, 0.2) is 54.7 Å². The molecule has 0 saturated heterocycles. The molecule has 1 heterocycles. The minimum absolute atomic E-state index is 0.234. The van der Waals surface area contributed by atoms with E-state index in [4.69, 9.17) is 23.2 Å². The van der Waals surface area contributed by atoms with Gasteiger partial charge in [0.2, 0.25) is 5.95 Å². The van der Waals surface area contributed by atoms with Crippen LogP contribution in [-0.2, 0) is 6.54 Å². The van der Waals surface area contributed by atoms with Crippen molar-refractivity contribution < 1.29 is 4.79 Å². The summed E-state index contributed by atoms with van der Waals surface area (Å²) in [5.74, 6) is -0.00423. The Morgan fingerprint density at radius 2 is 1.85 bits per heavy atom. The van der Waals surface area contributed by atoms with Gasteiger partial charge in [0.1, 0.15) is 5.69 Å². The number of hydrogen-bond donors (Lipinski definition) is 2. The number of aromatic nitrogens is 2. The zero-order chi connectivity index (χ0) is 18.5. The zero-order valence-electron chi connectivity index (χ0n) is 14.0. The average molecular weight is 387 g/mol. The molecule has 0 fully saturated rings. The lowest BCUT2D eigenvalue weighted by atomic mass is 10.1. The first kappa shape index (κ1) is 18.2. The first-order valence-electron chi connectivity index (χ1n) is 7.90. The third-order valence-electron chi connectivity index (χ3n) is 3.64. The van der Waals surface area contributed by atoms with E-state index in [0.29, 0.717) is 28.2 Å². The maximum absolute atomic E-state index is 12.4. The fourth-order valence-electron chi connectivity index (χ4n) is 2.23. The summed E-state index contributed by atoms with van der Waals surface area (Å²) in [6, 6.07) is 14.5. The van der Waals surface area contributed by atoms with Gasteiger partial charge in [0.15, 0.2) is 0 Å². The third-order valence-corrected chi connectivity index (χ3v) is 4.19. The molecule has 132 valence electrons. The van der Waals surface area contributed by atoms with Gasteiger partial charge in [-0.2, -0.15) is 0 Å². The molecule has 1 aromatic heterocycles. The molecule has 0 aliphatic heterocycles. The number of anilines is 2. The molecular formula is C19H16Cl2N4O. The summed E-state index contributed by atoms with van der Waals surface area (Å²) in [6.07, 6.45) is 1.53. The number of nitrogens with zero attached hydrogens (tertiary/aromatic N) is 2. The van der Waals surface area contributed by atoms with Gasteiger partial charge in [0.05, 0.1) is 10.7 Å². The molecule has 0 aliphatic carbocycles. The number of carbonyl (C=O) groups is 1. The smallest absolute Gasteiger partial charge is 0.274 e. The molecule has 3 rings (SSSR count). The molecule has 1 amide bonds. The normalized spacial score (nSPS) is 10.4. The van der Waals surface area contributed by atoms with Gasteiger partial charge in [-0.3, -0.25) is 4.79 Å². The van der Waals surface area contributed by atoms with Crippen molar-refractivity contribution in [1.82, 2.24) is 9.97 Å². The fourth-order valence-corrected chi connectivity index (χ4v) is 2.69. The second kappa shape index (κ2) is 8.17. The molecule has 0 bridgehead atoms. The molecule has 26 heavy (non-hydrogen) atoms. The lowest BCUT2D eigenvalue weighted by Gasteiger charge is -2.09. The van der Waals surface area contributed by atoms with Crippen molar-refractivity contribution in [3.05, 3.63) is 81.6 Å². The van der Waals surface area contributed by atoms with Crippen LogP contribution >= 0.6 is 23.2 Å². The van der Waals surface area contributed by atoms with Crippen molar-refractivity contribution in [2.24, 2.45) is 0 Å². The van der Waals surface area contributed by atoms with Crippen LogP contribution < -0.4 is 10.6 Å². The molecule has 0 saturated carbocycles. The maximum Gasteiger partial charge on any atom is 0.274 e. The molecule has 5 nitrogen and oxygen atoms in total. The van der Waals surface area contributed by atoms with Gasteiger partial charge < -0.3 is 10.6 Å². The van der Waals surface area contributed by atoms with E-state index < -0.39 is 0 Å². The molecule has 0 atom stereocenters. The summed E-state index contributed by atoms with van der Waals surface area (Å²) in [7, 11) is 0. The molecule has 7 heteroatoms. The van der Waals surface area contributed by atoms with Crippen LogP contribution in [0, 0.1) is 6.92 Å². The van der Waals surface area contributed by atoms with Gasteiger partial charge in [-0.1, -0.05) is 53.0 Å². The van der Waals surface area contributed by atoms with Crippen molar-refractivity contribution in [2.45, 2.75) is 13.5 Å². The predicted octanol–water partition coefficient (Wildman–Crippen LogP) is 4.96. The molecular weight excluding hydrogens is 371 g/mol. The second-order valence-electron chi connectivity index (χ2n) is 5.68. The number of halogens is 2. The van der Waals surface area contributed by atoms with Crippen molar-refractivity contribution in [3.8, 4) is 0 Å². The number of nitrogens with one attached hydrogen (secondary N) is 2. The second-order valence-corrected chi connectivity index (χ2v) is 6.53. The van der Waals surface area contributed by atoms with Gasteiger partial charge in [0, 0.05) is 17.8 Å². The van der Waals surface area contributed by atoms with E-state index in [1.165, 1.54) is 17.8 Å². The Kier molecular flexibility index (Phi) is 5.71. The first-order valence-corrected chi connectivity index (χ1v) is 8.66. The summed E-state index contributed by atoms with van der Waals surface area (Å²) < 4.78 is 0. The number of benzene rings is 2. The van der Waals surface area contributed by atoms with Gasteiger partial charge in [-0.05, 0) is 36.8 Å². The SMILES string of the molecule is Cc1ccc(CNc2nccc(C(=O)Nc3ccc(Cl)cc3Cl)n2)cc1. The van der Waals surface area contributed by atoms with Crippen LogP contribution in [0.4, 0.5) is 11.6 Å². The summed E-state index contributed by atoms with van der Waals surface area (Å²) >= 11 is 11.9. The van der Waals surface area contributed by atoms with Crippen molar-refractivity contribution >= 4 is 40.7 Å². The summed E-state index contributed by atoms with van der Waals surface area (Å²) in [6.45, 7) is 2.60. The lowest BCUT2D eigenvalue weighted by Crippen LogP contribution is -2.15. The number of hydrogen-bond acceptors (Lipinski definition) is 4. The minimum atomic E-state index is -0.380. The number of carbonyl (C=O) groups excluding carboxylic acids is 1. The van der Waals surface area contributed by atoms with E-state index >= 15 is 0 Å². The number of amides is 1. The minimum Gasteiger partial charge on any atom is -0.350 e. The average Bonchev–Trinajstić information content (AvgIpc) is 2.64. The molecule has 2 N–H and O–H groups in total. The number of rotatable bonds is 5. The van der Waals surface area contributed by atoms with Crippen molar-refractivity contribution in [2.75, 3.05) is 10.6 Å². The van der Waals surface area contributed by atoms with E-state index in [9.17, 15) is 4.79 Å². The summed E-state index contributed by atoms with van der Waals surface area (Å²) in [5.41, 5.74) is 3.00. The highest BCUT2D eigenvalue weighted by molar-refractivity contribution is 6.36. The van der Waals surface area contributed by atoms with Crippen molar-refractivity contribution in [1.29, 1.82) is 0 Å². The molecule has 0 spiro atoms. The Bertz CT molecular complexity index is 929. The highest BCUT2D eigenvalue weighted by Crippen LogP contribution is 2.25. The predicted molar refractivity (Wildman–Crippen MR) is 105 cm³/mol. The van der Waals surface area contributed by atoms with E-state index in [2.05, 4.69) is 20.6 Å². The van der Waals surface area contributed by atoms with Gasteiger partial charge >= 0.3 is 0 Å². The van der Waals surface area contributed by atoms with Gasteiger partial charge in [-0.25, -0.2) is 9.97 Å². The molecule has 2 aromatic carbocycles. The molecule has 0 unspecified atom stereocenters. The highest BCUT2D eigenvalue weighted by atomic mass is 35.5. The summed E-state index contributed by atoms with van der Waals surface area (Å²) in [5, 5.41) is 6.68. The zero-order valence-corrected chi connectivity index (χ0v) is 15.5. The fraction of sp³-hybridized carbons (Fsp3) is 0.105. The largest absolute Gasteiger partial charge is 0.350 e. The lowest BCUT2D eigenvalue weighted by molar-refractivity contribution is 0.102. The van der Waals surface area contributed by atoms with Crippen LogP contribution in [-0.4, -0.2) is 15.9 Å². The molecule has 0 radical (unpaired) electrons. The van der Waals surface area contributed by atoms with Crippen molar-refractivity contribution in [3.63, 3.8) is 0 Å². The van der Waals surface area contributed by atoms with Crippen LogP contribution in [0.2, 0.25) is 10.0 Å². The monoisotopic (exact) mass is 386 g/mol. The Morgan fingerprint density at radius 1 is 1.08 bits per heavy atom. The summed E-state index contributed by atoms with van der Waals surface area (Å²) in [4.78, 5) is 20.8. The topological polar surface area (TPSA) is 66.9 Å². The third kappa shape index (κ3) is 4.71. The van der Waals surface area contributed by atoms with E-state index in [1.54, 1.807) is 18.2 Å². The van der Waals surface area contributed by atoms with E-state index in [1.807, 2.05) is 31.2 Å². The standard InChI is InChI=1S/C19H16Cl2N4O/c1-12-2-4-13(5-3-12)11-23-19-22-9-8-17(25-19)18(26)24-16-7-6-14(20)10-15(16)21/h2-10H,11H2,1H3,(H,24,26)(H,22,23,25).